The molecule has 1 saturated heterocycles. The molecule has 21 heavy (non-hydrogen) atoms. The first-order valence-corrected chi connectivity index (χ1v) is 8.69. The van der Waals surface area contributed by atoms with Gasteiger partial charge in [0.05, 0.1) is 0 Å². The second kappa shape index (κ2) is 4.47. The lowest BCUT2D eigenvalue weighted by molar-refractivity contribution is -0.121. The summed E-state index contributed by atoms with van der Waals surface area (Å²) >= 11 is 0. The van der Waals surface area contributed by atoms with Gasteiger partial charge in [-0.25, -0.2) is 0 Å². The second-order valence-electron chi connectivity index (χ2n) is 8.23. The first-order valence-electron chi connectivity index (χ1n) is 8.69. The van der Waals surface area contributed by atoms with Crippen LogP contribution in [0.3, 0.4) is 0 Å². The van der Waals surface area contributed by atoms with Crippen molar-refractivity contribution in [3.63, 3.8) is 0 Å². The fourth-order valence-corrected chi connectivity index (χ4v) is 5.89. The average molecular weight is 285 g/mol. The maximum Gasteiger partial charge on any atom is 0.220 e. The molecule has 2 saturated carbocycles. The minimum atomic E-state index is 0.268. The summed E-state index contributed by atoms with van der Waals surface area (Å²) in [6.45, 7) is 5.82. The van der Waals surface area contributed by atoms with Crippen LogP contribution in [0, 0.1) is 28.6 Å². The van der Waals surface area contributed by atoms with Crippen molar-refractivity contribution in [3.8, 4) is 0 Å². The van der Waals surface area contributed by atoms with Crippen LogP contribution in [0.25, 0.3) is 0 Å². The summed E-state index contributed by atoms with van der Waals surface area (Å²) in [4.78, 5) is 11.8. The quantitative estimate of drug-likeness (QED) is 0.720. The van der Waals surface area contributed by atoms with E-state index in [1.165, 1.54) is 25.7 Å². The number of rotatable bonds is 0. The van der Waals surface area contributed by atoms with E-state index < -0.39 is 0 Å². The molecule has 4 rings (SSSR count). The largest absolute Gasteiger partial charge is 0.356 e. The summed E-state index contributed by atoms with van der Waals surface area (Å²) in [7, 11) is 0. The lowest BCUT2D eigenvalue weighted by Crippen LogP contribution is -2.49. The van der Waals surface area contributed by atoms with Gasteiger partial charge in [-0.2, -0.15) is 0 Å². The van der Waals surface area contributed by atoms with Gasteiger partial charge in [0.25, 0.3) is 0 Å². The first kappa shape index (κ1) is 13.6. The minimum absolute atomic E-state index is 0.268. The van der Waals surface area contributed by atoms with Gasteiger partial charge in [0, 0.05) is 18.4 Å². The van der Waals surface area contributed by atoms with Crippen LogP contribution >= 0.6 is 0 Å². The van der Waals surface area contributed by atoms with E-state index in [0.717, 1.165) is 31.2 Å². The number of hydrogen-bond donors (Lipinski definition) is 1. The molecule has 2 heteroatoms. The molecule has 114 valence electrons. The Morgan fingerprint density at radius 2 is 2.05 bits per heavy atom. The van der Waals surface area contributed by atoms with Gasteiger partial charge in [0.2, 0.25) is 5.91 Å². The number of carbonyl (C=O) groups is 1. The first-order chi connectivity index (χ1) is 10.0. The third-order valence-corrected chi connectivity index (χ3v) is 7.30. The topological polar surface area (TPSA) is 29.1 Å². The molecule has 5 unspecified atom stereocenters. The van der Waals surface area contributed by atoms with Crippen LogP contribution in [0.4, 0.5) is 0 Å². The highest BCUT2D eigenvalue weighted by Gasteiger charge is 2.54. The van der Waals surface area contributed by atoms with Gasteiger partial charge < -0.3 is 5.32 Å². The van der Waals surface area contributed by atoms with Crippen LogP contribution in [-0.2, 0) is 4.79 Å². The molecule has 0 radical (unpaired) electrons. The Balaban J connectivity index is 1.67. The van der Waals surface area contributed by atoms with Gasteiger partial charge >= 0.3 is 0 Å². The molecule has 0 aromatic heterocycles. The fourth-order valence-electron chi connectivity index (χ4n) is 5.89. The molecule has 1 aliphatic heterocycles. The number of carbonyl (C=O) groups excluding carboxylic acids is 1. The molecule has 0 aromatic carbocycles. The van der Waals surface area contributed by atoms with Crippen molar-refractivity contribution in [2.45, 2.75) is 52.4 Å². The van der Waals surface area contributed by atoms with Gasteiger partial charge in [0.1, 0.15) is 0 Å². The van der Waals surface area contributed by atoms with Crippen molar-refractivity contribution in [2.75, 3.05) is 6.54 Å². The second-order valence-corrected chi connectivity index (χ2v) is 8.23. The zero-order valence-corrected chi connectivity index (χ0v) is 13.3. The number of fused-ring (bicyclic) bond motifs is 5. The van der Waals surface area contributed by atoms with Crippen LogP contribution in [0.2, 0.25) is 0 Å². The normalized spacial score (nSPS) is 48.6. The van der Waals surface area contributed by atoms with E-state index in [9.17, 15) is 4.79 Å². The van der Waals surface area contributed by atoms with Crippen molar-refractivity contribution in [1.29, 1.82) is 0 Å². The summed E-state index contributed by atoms with van der Waals surface area (Å²) in [5.74, 6) is 2.49. The molecule has 4 aliphatic rings. The third-order valence-electron chi connectivity index (χ3n) is 7.30. The zero-order chi connectivity index (χ0) is 14.7. The monoisotopic (exact) mass is 285 g/mol. The molecule has 0 aromatic rings. The highest BCUT2D eigenvalue weighted by molar-refractivity contribution is 5.76. The smallest absolute Gasteiger partial charge is 0.220 e. The minimum Gasteiger partial charge on any atom is -0.356 e. The standard InChI is InChI=1S/C19H27NO/c1-18-9-3-4-15(18)14-6-5-13-12-20-17(21)8-11-19(13,2)16(14)7-10-18/h3-4,9,13-14,16H,5-8,10-12H2,1-2H3,(H,20,21). The molecule has 0 spiro atoms. The summed E-state index contributed by atoms with van der Waals surface area (Å²) in [6.07, 6.45) is 14.2. The Morgan fingerprint density at radius 3 is 2.90 bits per heavy atom. The highest BCUT2D eigenvalue weighted by Crippen LogP contribution is 2.62. The Bertz CT molecular complexity index is 534. The predicted octanol–water partition coefficient (Wildman–Crippen LogP) is 3.84. The number of nitrogens with one attached hydrogen (secondary N) is 1. The highest BCUT2D eigenvalue weighted by atomic mass is 16.1. The van der Waals surface area contributed by atoms with E-state index >= 15 is 0 Å². The van der Waals surface area contributed by atoms with Gasteiger partial charge in [-0.1, -0.05) is 37.6 Å². The lowest BCUT2D eigenvalue weighted by Gasteiger charge is -2.56. The van der Waals surface area contributed by atoms with Crippen molar-refractivity contribution in [2.24, 2.45) is 28.6 Å². The Morgan fingerprint density at radius 1 is 1.19 bits per heavy atom. The van der Waals surface area contributed by atoms with Crippen molar-refractivity contribution in [3.05, 3.63) is 23.8 Å². The molecule has 1 heterocycles. The summed E-state index contributed by atoms with van der Waals surface area (Å²) in [6, 6.07) is 0. The lowest BCUT2D eigenvalue weighted by atomic mass is 9.49. The summed E-state index contributed by atoms with van der Waals surface area (Å²) < 4.78 is 0. The van der Waals surface area contributed by atoms with E-state index in [1.807, 2.05) is 0 Å². The van der Waals surface area contributed by atoms with Gasteiger partial charge in [0.15, 0.2) is 0 Å². The van der Waals surface area contributed by atoms with Crippen LogP contribution in [0.5, 0.6) is 0 Å². The maximum atomic E-state index is 11.8. The van der Waals surface area contributed by atoms with Gasteiger partial charge in [-0.3, -0.25) is 4.79 Å². The molecule has 3 fully saturated rings. The summed E-state index contributed by atoms with van der Waals surface area (Å²) in [5.41, 5.74) is 2.39. The summed E-state index contributed by atoms with van der Waals surface area (Å²) in [5, 5.41) is 3.15. The van der Waals surface area contributed by atoms with Crippen molar-refractivity contribution >= 4 is 5.91 Å². The van der Waals surface area contributed by atoms with Crippen LogP contribution in [0.15, 0.2) is 23.8 Å². The molecule has 5 atom stereocenters. The molecular formula is C19H27NO. The SMILES string of the molecule is CC12C=CC=C1C1CCC3CNC(=O)CCC3(C)C1CC2. The van der Waals surface area contributed by atoms with Crippen molar-refractivity contribution in [1.82, 2.24) is 5.32 Å². The number of allylic oxidation sites excluding steroid dienone is 4. The third kappa shape index (κ3) is 1.87. The predicted molar refractivity (Wildman–Crippen MR) is 84.6 cm³/mol. The molecule has 2 nitrogen and oxygen atoms in total. The van der Waals surface area contributed by atoms with E-state index in [0.29, 0.717) is 16.7 Å². The molecule has 0 bridgehead atoms. The van der Waals surface area contributed by atoms with E-state index in [-0.39, 0.29) is 5.91 Å². The van der Waals surface area contributed by atoms with Crippen LogP contribution in [-0.4, -0.2) is 12.5 Å². The maximum absolute atomic E-state index is 11.8. The van der Waals surface area contributed by atoms with E-state index in [1.54, 1.807) is 5.57 Å². The number of hydrogen-bond acceptors (Lipinski definition) is 1. The fraction of sp³-hybridized carbons (Fsp3) is 0.737. The Kier molecular flexibility index (Phi) is 2.90. The Hall–Kier alpha value is -1.05. The average Bonchev–Trinajstić information content (AvgIpc) is 2.79. The van der Waals surface area contributed by atoms with E-state index in [4.69, 9.17) is 0 Å². The van der Waals surface area contributed by atoms with E-state index in [2.05, 4.69) is 37.4 Å². The molecule has 3 aliphatic carbocycles. The Labute approximate surface area is 128 Å². The number of amides is 1. The van der Waals surface area contributed by atoms with Crippen LogP contribution < -0.4 is 5.32 Å². The van der Waals surface area contributed by atoms with Crippen LogP contribution in [0.1, 0.15) is 52.4 Å². The molecular weight excluding hydrogens is 258 g/mol. The molecule has 1 amide bonds. The zero-order valence-electron chi connectivity index (χ0n) is 13.3. The molecule has 1 N–H and O–H groups in total. The van der Waals surface area contributed by atoms with Gasteiger partial charge in [-0.15, -0.1) is 0 Å². The van der Waals surface area contributed by atoms with Gasteiger partial charge in [-0.05, 0) is 55.3 Å². The van der Waals surface area contributed by atoms with Crippen molar-refractivity contribution < 1.29 is 4.79 Å².